The van der Waals surface area contributed by atoms with Gasteiger partial charge in [0.2, 0.25) is 0 Å². The van der Waals surface area contributed by atoms with Crippen LogP contribution < -0.4 is 5.32 Å². The van der Waals surface area contributed by atoms with Gasteiger partial charge in [-0.05, 0) is 31.2 Å². The molecule has 3 aromatic rings. The maximum absolute atomic E-state index is 12.7. The fraction of sp³-hybridized carbons (Fsp3) is 0.250. The van der Waals surface area contributed by atoms with Gasteiger partial charge in [-0.3, -0.25) is 0 Å². The van der Waals surface area contributed by atoms with Crippen LogP contribution in [0.4, 0.5) is 19.0 Å². The quantitative estimate of drug-likeness (QED) is 0.805. The molecule has 0 fully saturated rings. The van der Waals surface area contributed by atoms with Crippen molar-refractivity contribution in [3.05, 3.63) is 41.6 Å². The van der Waals surface area contributed by atoms with Crippen LogP contribution in [0.5, 0.6) is 0 Å². The lowest BCUT2D eigenvalue weighted by Crippen LogP contribution is -2.13. The van der Waals surface area contributed by atoms with Crippen LogP contribution in [0.15, 0.2) is 28.7 Å². The van der Waals surface area contributed by atoms with Crippen molar-refractivity contribution in [2.75, 3.05) is 5.32 Å². The molecule has 0 aromatic carbocycles. The van der Waals surface area contributed by atoms with Crippen molar-refractivity contribution in [3.63, 3.8) is 0 Å². The molecule has 0 aliphatic rings. The molecular weight excluding hydrogens is 287 g/mol. The lowest BCUT2D eigenvalue weighted by Gasteiger charge is -2.06. The Morgan fingerprint density at radius 1 is 1.19 bits per heavy atom. The molecule has 21 heavy (non-hydrogen) atoms. The monoisotopic (exact) mass is 297 g/mol. The number of nitrogens with one attached hydrogen (secondary N) is 1. The Kier molecular flexibility index (Phi) is 3.04. The second-order valence-electron chi connectivity index (χ2n) is 4.38. The van der Waals surface area contributed by atoms with Gasteiger partial charge in [-0.25, -0.2) is 0 Å². The molecule has 3 rings (SSSR count). The molecule has 1 N–H and O–H groups in total. The number of anilines is 1. The second-order valence-corrected chi connectivity index (χ2v) is 4.38. The van der Waals surface area contributed by atoms with Crippen LogP contribution in [0.2, 0.25) is 0 Å². The van der Waals surface area contributed by atoms with E-state index in [-0.39, 0.29) is 11.5 Å². The number of fused-ring (bicyclic) bond motifs is 1. The lowest BCUT2D eigenvalue weighted by molar-refractivity contribution is -0.146. The predicted molar refractivity (Wildman–Crippen MR) is 66.6 cm³/mol. The van der Waals surface area contributed by atoms with Gasteiger partial charge in [-0.2, -0.15) is 17.7 Å². The molecule has 0 spiro atoms. The van der Waals surface area contributed by atoms with E-state index in [2.05, 4.69) is 20.6 Å². The van der Waals surface area contributed by atoms with Crippen molar-refractivity contribution >= 4 is 11.5 Å². The Morgan fingerprint density at radius 3 is 2.67 bits per heavy atom. The third-order valence-electron chi connectivity index (χ3n) is 2.76. The summed E-state index contributed by atoms with van der Waals surface area (Å²) in [5.74, 6) is 0.527. The van der Waals surface area contributed by atoms with Gasteiger partial charge < -0.3 is 9.73 Å². The molecule has 0 saturated carbocycles. The summed E-state index contributed by atoms with van der Waals surface area (Å²) in [6, 6.07) is 6.51. The first-order valence-corrected chi connectivity index (χ1v) is 6.02. The van der Waals surface area contributed by atoms with Gasteiger partial charge >= 0.3 is 6.18 Å². The maximum atomic E-state index is 12.7. The normalized spacial score (nSPS) is 12.0. The summed E-state index contributed by atoms with van der Waals surface area (Å²) in [5, 5.41) is 13.3. The molecule has 0 atom stereocenters. The minimum Gasteiger partial charge on any atom is -0.465 e. The summed E-state index contributed by atoms with van der Waals surface area (Å²) in [7, 11) is 0. The van der Waals surface area contributed by atoms with Crippen molar-refractivity contribution in [1.29, 1.82) is 0 Å². The highest BCUT2D eigenvalue weighted by Crippen LogP contribution is 2.27. The highest BCUT2D eigenvalue weighted by Gasteiger charge is 2.37. The zero-order chi connectivity index (χ0) is 15.0. The molecule has 0 saturated heterocycles. The first-order chi connectivity index (χ1) is 9.93. The number of furan rings is 1. The van der Waals surface area contributed by atoms with Gasteiger partial charge in [0, 0.05) is 0 Å². The molecule has 0 aliphatic carbocycles. The van der Waals surface area contributed by atoms with E-state index in [4.69, 9.17) is 4.42 Å². The number of aryl methyl sites for hydroxylation is 1. The van der Waals surface area contributed by atoms with Gasteiger partial charge in [-0.15, -0.1) is 15.3 Å². The van der Waals surface area contributed by atoms with E-state index in [1.54, 1.807) is 19.1 Å². The summed E-state index contributed by atoms with van der Waals surface area (Å²) < 4.78 is 44.2. The Hall–Kier alpha value is -2.58. The predicted octanol–water partition coefficient (Wildman–Crippen LogP) is 2.66. The third kappa shape index (κ3) is 2.67. The Bertz CT molecular complexity index is 777. The molecule has 6 nitrogen and oxygen atoms in total. The molecular formula is C12H10F3N5O. The number of aromatic nitrogens is 4. The van der Waals surface area contributed by atoms with Crippen LogP contribution in [-0.2, 0) is 12.7 Å². The van der Waals surface area contributed by atoms with Crippen LogP contribution >= 0.6 is 0 Å². The summed E-state index contributed by atoms with van der Waals surface area (Å²) in [4.78, 5) is 0. The maximum Gasteiger partial charge on any atom is 0.453 e. The number of hydrogen-bond donors (Lipinski definition) is 1. The van der Waals surface area contributed by atoms with Gasteiger partial charge in [-0.1, -0.05) is 0 Å². The minimum absolute atomic E-state index is 0.0294. The van der Waals surface area contributed by atoms with E-state index < -0.39 is 12.0 Å². The third-order valence-corrected chi connectivity index (χ3v) is 2.76. The summed E-state index contributed by atoms with van der Waals surface area (Å²) >= 11 is 0. The molecule has 0 amide bonds. The highest BCUT2D eigenvalue weighted by atomic mass is 19.4. The zero-order valence-electron chi connectivity index (χ0n) is 10.8. The highest BCUT2D eigenvalue weighted by molar-refractivity contribution is 5.44. The Morgan fingerprint density at radius 2 is 2.00 bits per heavy atom. The lowest BCUT2D eigenvalue weighted by atomic mass is 10.4. The fourth-order valence-corrected chi connectivity index (χ4v) is 1.82. The van der Waals surface area contributed by atoms with E-state index >= 15 is 0 Å². The first-order valence-electron chi connectivity index (χ1n) is 6.02. The molecule has 9 heteroatoms. The Balaban J connectivity index is 1.86. The molecule has 110 valence electrons. The Labute approximate surface area is 116 Å². The minimum atomic E-state index is -4.61. The second kappa shape index (κ2) is 4.76. The van der Waals surface area contributed by atoms with Crippen LogP contribution in [-0.4, -0.2) is 19.8 Å². The average Bonchev–Trinajstić information content (AvgIpc) is 3.01. The van der Waals surface area contributed by atoms with E-state index in [1.165, 1.54) is 12.1 Å². The standard InChI is InChI=1S/C12H10F3N5O/c1-7-2-3-8(21-7)6-16-9-4-5-10-17-18-11(12(13,14)15)20(10)19-9/h2-5H,6H2,1H3,(H,16,19). The molecule has 0 radical (unpaired) electrons. The van der Waals surface area contributed by atoms with Gasteiger partial charge in [0.15, 0.2) is 5.65 Å². The molecule has 0 aliphatic heterocycles. The van der Waals surface area contributed by atoms with Gasteiger partial charge in [0.05, 0.1) is 6.54 Å². The smallest absolute Gasteiger partial charge is 0.453 e. The number of rotatable bonds is 3. The van der Waals surface area contributed by atoms with E-state index in [0.29, 0.717) is 16.8 Å². The van der Waals surface area contributed by atoms with Gasteiger partial charge in [0.25, 0.3) is 5.82 Å². The average molecular weight is 297 g/mol. The largest absolute Gasteiger partial charge is 0.465 e. The summed E-state index contributed by atoms with van der Waals surface area (Å²) in [6.07, 6.45) is -4.61. The van der Waals surface area contributed by atoms with Crippen LogP contribution in [0, 0.1) is 6.92 Å². The van der Waals surface area contributed by atoms with Crippen molar-refractivity contribution in [2.24, 2.45) is 0 Å². The van der Waals surface area contributed by atoms with E-state index in [9.17, 15) is 13.2 Å². The van der Waals surface area contributed by atoms with Crippen LogP contribution in [0.25, 0.3) is 5.65 Å². The summed E-state index contributed by atoms with van der Waals surface area (Å²) in [5.41, 5.74) is 0.0294. The van der Waals surface area contributed by atoms with Crippen LogP contribution in [0.1, 0.15) is 17.3 Å². The van der Waals surface area contributed by atoms with Crippen molar-refractivity contribution < 1.29 is 17.6 Å². The topological polar surface area (TPSA) is 68.2 Å². The number of hydrogen-bond acceptors (Lipinski definition) is 5. The molecule has 0 bridgehead atoms. The van der Waals surface area contributed by atoms with Gasteiger partial charge in [0.1, 0.15) is 17.3 Å². The molecule has 0 unspecified atom stereocenters. The SMILES string of the molecule is Cc1ccc(CNc2ccc3nnc(C(F)(F)F)n3n2)o1. The van der Waals surface area contributed by atoms with Crippen molar-refractivity contribution in [3.8, 4) is 0 Å². The van der Waals surface area contributed by atoms with E-state index in [1.807, 2.05) is 0 Å². The van der Waals surface area contributed by atoms with Crippen molar-refractivity contribution in [2.45, 2.75) is 19.6 Å². The first kappa shape index (κ1) is 13.4. The van der Waals surface area contributed by atoms with E-state index in [0.717, 1.165) is 5.76 Å². The molecule has 3 heterocycles. The molecule has 3 aromatic heterocycles. The number of nitrogens with zero attached hydrogens (tertiary/aromatic N) is 4. The zero-order valence-corrected chi connectivity index (χ0v) is 10.8. The van der Waals surface area contributed by atoms with Crippen LogP contribution in [0.3, 0.4) is 0 Å². The summed E-state index contributed by atoms with van der Waals surface area (Å²) in [6.45, 7) is 2.12. The number of halogens is 3. The fourth-order valence-electron chi connectivity index (χ4n) is 1.82. The van der Waals surface area contributed by atoms with Crippen molar-refractivity contribution in [1.82, 2.24) is 19.8 Å². The number of alkyl halides is 3.